The molecule has 2 aromatic rings. The normalized spacial score (nSPS) is 34.5. The van der Waals surface area contributed by atoms with E-state index in [-0.39, 0.29) is 22.9 Å². The molecule has 4 rings (SSSR count). The average molecular weight is 455 g/mol. The van der Waals surface area contributed by atoms with Crippen molar-refractivity contribution in [2.75, 3.05) is 12.3 Å². The third-order valence-electron chi connectivity index (χ3n) is 4.63. The molecule has 1 saturated heterocycles. The molecule has 31 heavy (non-hydrogen) atoms. The molecule has 0 aliphatic carbocycles. The van der Waals surface area contributed by atoms with Crippen LogP contribution in [0.3, 0.4) is 0 Å². The number of anilines is 1. The van der Waals surface area contributed by atoms with Crippen molar-refractivity contribution in [2.24, 2.45) is 0 Å². The molecule has 0 radical (unpaired) electrons. The smallest absolute Gasteiger partial charge is 0.404 e. The van der Waals surface area contributed by atoms with Crippen LogP contribution in [0.4, 0.5) is 10.2 Å². The van der Waals surface area contributed by atoms with Gasteiger partial charge in [-0.2, -0.15) is 20.0 Å². The fourth-order valence-electron chi connectivity index (χ4n) is 3.07. The third-order valence-corrected chi connectivity index (χ3v) is 5.94. The van der Waals surface area contributed by atoms with Crippen molar-refractivity contribution in [3.05, 3.63) is 46.5 Å². The molecule has 1 aromatic heterocycles. The second kappa shape index (κ2) is 7.34. The van der Waals surface area contributed by atoms with Crippen LogP contribution < -0.4 is 15.9 Å². The highest BCUT2D eigenvalue weighted by Gasteiger charge is 2.67. The van der Waals surface area contributed by atoms with Gasteiger partial charge in [0.15, 0.2) is 0 Å². The molecule has 2 aliphatic heterocycles. The van der Waals surface area contributed by atoms with Crippen molar-refractivity contribution >= 4 is 13.6 Å². The zero-order valence-electron chi connectivity index (χ0n) is 15.5. The Hall–Kier alpha value is -2.92. The molecule has 5 atom stereocenters. The molecule has 1 unspecified atom stereocenters. The highest BCUT2D eigenvalue weighted by Crippen LogP contribution is 2.55. The number of hydrogen-bond donors (Lipinski definition) is 3. The summed E-state index contributed by atoms with van der Waals surface area (Å²) >= 11 is 0. The summed E-state index contributed by atoms with van der Waals surface area (Å²) in [6.45, 7) is -1.44. The first-order valence-electron chi connectivity index (χ1n) is 8.68. The van der Waals surface area contributed by atoms with Gasteiger partial charge in [0.1, 0.15) is 36.5 Å². The maximum Gasteiger partial charge on any atom is 0.530 e. The minimum Gasteiger partial charge on any atom is -0.404 e. The van der Waals surface area contributed by atoms with E-state index < -0.39 is 43.9 Å². The molecule has 15 heteroatoms. The minimum atomic E-state index is -4.33. The maximum absolute atomic E-state index is 15.4. The number of aromatic nitrogens is 3. The first-order chi connectivity index (χ1) is 14.6. The van der Waals surface area contributed by atoms with Crippen LogP contribution in [0.25, 0.3) is 0 Å². The first-order valence-corrected chi connectivity index (χ1v) is 10.1. The van der Waals surface area contributed by atoms with Crippen LogP contribution in [0.2, 0.25) is 0 Å². The zero-order chi connectivity index (χ0) is 22.4. The van der Waals surface area contributed by atoms with Crippen molar-refractivity contribution in [2.45, 2.75) is 30.4 Å². The summed E-state index contributed by atoms with van der Waals surface area (Å²) in [4.78, 5) is 15.4. The lowest BCUT2D eigenvalue weighted by Crippen LogP contribution is -2.51. The van der Waals surface area contributed by atoms with Crippen LogP contribution in [0.1, 0.15) is 5.56 Å². The summed E-state index contributed by atoms with van der Waals surface area (Å²) in [6.07, 6.45) is -3.87. The summed E-state index contributed by atoms with van der Waals surface area (Å²) < 4.78 is 48.5. The SMILES string of the molecule is N#C[C@@]1(n2ncc(N)nc2=O)O[C@](F)(COP2(=O)OCc3ccccc3O2)[C@@H](O)[C@H]1O. The lowest BCUT2D eigenvalue weighted by molar-refractivity contribution is -0.228. The van der Waals surface area contributed by atoms with E-state index in [1.54, 1.807) is 18.2 Å². The number of phosphoric ester groups is 1. The fraction of sp³-hybridized carbons (Fsp3) is 0.375. The Balaban J connectivity index is 1.59. The summed E-state index contributed by atoms with van der Waals surface area (Å²) in [5.74, 6) is -3.42. The van der Waals surface area contributed by atoms with E-state index in [0.29, 0.717) is 5.56 Å². The number of fused-ring (bicyclic) bond motifs is 1. The van der Waals surface area contributed by atoms with Gasteiger partial charge < -0.3 is 20.5 Å². The summed E-state index contributed by atoms with van der Waals surface area (Å²) in [6, 6.07) is 7.87. The minimum absolute atomic E-state index is 0.155. The molecule has 0 bridgehead atoms. The van der Waals surface area contributed by atoms with Crippen molar-refractivity contribution in [3.63, 3.8) is 0 Å². The Kier molecular flexibility index (Phi) is 5.05. The van der Waals surface area contributed by atoms with E-state index in [2.05, 4.69) is 10.1 Å². The molecule has 13 nitrogen and oxygen atoms in total. The van der Waals surface area contributed by atoms with Crippen LogP contribution in [0.5, 0.6) is 5.75 Å². The Morgan fingerprint density at radius 1 is 1.42 bits per heavy atom. The van der Waals surface area contributed by atoms with Crippen LogP contribution in [-0.4, -0.2) is 49.6 Å². The monoisotopic (exact) mass is 455 g/mol. The van der Waals surface area contributed by atoms with Crippen molar-refractivity contribution in [3.8, 4) is 11.8 Å². The number of para-hydroxylation sites is 1. The zero-order valence-corrected chi connectivity index (χ0v) is 16.4. The first kappa shape index (κ1) is 21.3. The number of alkyl halides is 1. The predicted molar refractivity (Wildman–Crippen MR) is 96.6 cm³/mol. The molecule has 164 valence electrons. The van der Waals surface area contributed by atoms with Crippen molar-refractivity contribution in [1.29, 1.82) is 5.26 Å². The van der Waals surface area contributed by atoms with Gasteiger partial charge in [-0.1, -0.05) is 18.2 Å². The molecule has 0 spiro atoms. The maximum atomic E-state index is 15.4. The highest BCUT2D eigenvalue weighted by molar-refractivity contribution is 7.49. The molecule has 3 heterocycles. The largest absolute Gasteiger partial charge is 0.530 e. The van der Waals surface area contributed by atoms with Crippen molar-refractivity contribution < 1.29 is 37.5 Å². The van der Waals surface area contributed by atoms with E-state index in [9.17, 15) is 24.8 Å². The predicted octanol–water partition coefficient (Wildman–Crippen LogP) is -0.451. The van der Waals surface area contributed by atoms with Crippen molar-refractivity contribution in [1.82, 2.24) is 14.8 Å². The van der Waals surface area contributed by atoms with Gasteiger partial charge in [-0.25, -0.2) is 13.8 Å². The Labute approximate surface area is 173 Å². The number of phosphoric acid groups is 1. The molecule has 0 amide bonds. The highest BCUT2D eigenvalue weighted by atomic mass is 31.2. The number of aliphatic hydroxyl groups excluding tert-OH is 2. The summed E-state index contributed by atoms with van der Waals surface area (Å²) in [5, 5.41) is 33.6. The number of ether oxygens (including phenoxy) is 1. The second-order valence-corrected chi connectivity index (χ2v) is 8.25. The standard InChI is InChI=1S/C16H15FN5O8P/c17-15(8-28-31(26)27-6-9-3-1-2-4-10(9)29-31)12(23)13(24)16(7-18,30-15)22-14(25)21-11(19)5-20-22/h1-5,12-13,23-24H,6,8H2,(H2,19,21,25)/t12-,13+,15+,16+,31?/m0/s1. The molecular weight excluding hydrogens is 440 g/mol. The number of nitrogens with two attached hydrogens (primary N) is 1. The summed E-state index contributed by atoms with van der Waals surface area (Å²) in [7, 11) is -4.33. The van der Waals surface area contributed by atoms with Crippen LogP contribution in [-0.2, 0) is 30.7 Å². The van der Waals surface area contributed by atoms with E-state index in [1.165, 1.54) is 12.1 Å². The van der Waals surface area contributed by atoms with E-state index >= 15 is 4.39 Å². The van der Waals surface area contributed by atoms with E-state index in [1.807, 2.05) is 0 Å². The van der Waals surface area contributed by atoms with Crippen LogP contribution in [0, 0.1) is 11.3 Å². The van der Waals surface area contributed by atoms with Gasteiger partial charge in [0, 0.05) is 5.56 Å². The van der Waals surface area contributed by atoms with Gasteiger partial charge in [0.25, 0.3) is 11.6 Å². The third kappa shape index (κ3) is 3.47. The summed E-state index contributed by atoms with van der Waals surface area (Å²) in [5.41, 5.74) is 1.84. The van der Waals surface area contributed by atoms with E-state index in [0.717, 1.165) is 6.20 Å². The number of aliphatic hydroxyl groups is 2. The molecule has 1 aromatic carbocycles. The topological polar surface area (TPSA) is 192 Å². The Morgan fingerprint density at radius 3 is 2.87 bits per heavy atom. The molecule has 2 aliphatic rings. The van der Waals surface area contributed by atoms with Gasteiger partial charge in [0.05, 0.1) is 12.8 Å². The Bertz CT molecular complexity index is 1170. The van der Waals surface area contributed by atoms with Gasteiger partial charge in [-0.15, -0.1) is 0 Å². The molecule has 4 N–H and O–H groups in total. The van der Waals surface area contributed by atoms with Gasteiger partial charge in [-0.3, -0.25) is 13.8 Å². The molecule has 1 fully saturated rings. The average Bonchev–Trinajstić information content (AvgIpc) is 2.94. The Morgan fingerprint density at radius 2 is 2.16 bits per heavy atom. The quantitative estimate of drug-likeness (QED) is 0.504. The number of nitrogens with zero attached hydrogens (tertiary/aromatic N) is 4. The number of benzene rings is 1. The number of rotatable bonds is 4. The van der Waals surface area contributed by atoms with Gasteiger partial charge in [-0.05, 0) is 6.07 Å². The number of halogens is 1. The number of hydrogen-bond acceptors (Lipinski definition) is 12. The number of nitrogen functional groups attached to an aromatic ring is 1. The number of nitriles is 1. The van der Waals surface area contributed by atoms with Gasteiger partial charge in [0.2, 0.25) is 0 Å². The second-order valence-electron chi connectivity index (χ2n) is 6.65. The lowest BCUT2D eigenvalue weighted by Gasteiger charge is -2.28. The lowest BCUT2D eigenvalue weighted by atomic mass is 10.0. The van der Waals surface area contributed by atoms with E-state index in [4.69, 9.17) is 24.0 Å². The van der Waals surface area contributed by atoms with Crippen LogP contribution >= 0.6 is 7.82 Å². The fourth-order valence-corrected chi connectivity index (χ4v) is 4.30. The van der Waals surface area contributed by atoms with Gasteiger partial charge >= 0.3 is 13.5 Å². The molecule has 0 saturated carbocycles. The van der Waals surface area contributed by atoms with Crippen LogP contribution in [0.15, 0.2) is 35.3 Å². The molecular formula is C16H15FN5O8P.